The van der Waals surface area contributed by atoms with Gasteiger partial charge in [-0.05, 0) is 70.5 Å². The zero-order chi connectivity index (χ0) is 37.4. The number of hydrogen-bond acceptors (Lipinski definition) is 10. The Morgan fingerprint density at radius 1 is 0.577 bits per heavy atom. The number of phenols is 6. The molecule has 2 heterocycles. The lowest BCUT2D eigenvalue weighted by Crippen LogP contribution is -2.01. The lowest BCUT2D eigenvalue weighted by molar-refractivity contribution is 0.398. The van der Waals surface area contributed by atoms with Crippen molar-refractivity contribution in [2.75, 3.05) is 13.1 Å². The highest BCUT2D eigenvalue weighted by atomic mass is 32.1. The summed E-state index contributed by atoms with van der Waals surface area (Å²) in [6.07, 6.45) is 4.37. The van der Waals surface area contributed by atoms with Gasteiger partial charge in [0.1, 0.15) is 11.5 Å². The minimum Gasteiger partial charge on any atom is -0.507 e. The van der Waals surface area contributed by atoms with Gasteiger partial charge in [0.05, 0.1) is 0 Å². The van der Waals surface area contributed by atoms with E-state index in [0.29, 0.717) is 80.9 Å². The predicted octanol–water partition coefficient (Wildman–Crippen LogP) is 10.2. The van der Waals surface area contributed by atoms with E-state index in [1.807, 2.05) is 88.7 Å². The summed E-state index contributed by atoms with van der Waals surface area (Å²) in [5.74, 6) is -2.09. The molecule has 0 amide bonds. The topological polar surface area (TPSA) is 146 Å². The Kier molecular flexibility index (Phi) is 10.5. The van der Waals surface area contributed by atoms with Gasteiger partial charge in [-0.1, -0.05) is 52.0 Å². The van der Waals surface area contributed by atoms with Gasteiger partial charge in [0.25, 0.3) is 0 Å². The van der Waals surface area contributed by atoms with Crippen molar-refractivity contribution in [1.29, 1.82) is 0 Å². The van der Waals surface area contributed by atoms with Gasteiger partial charge < -0.3 is 30.6 Å². The quantitative estimate of drug-likeness (QED) is 0.0577. The van der Waals surface area contributed by atoms with Crippen LogP contribution in [0.15, 0.2) is 57.1 Å². The van der Waals surface area contributed by atoms with E-state index < -0.39 is 0 Å². The molecule has 0 radical (unpaired) electrons. The molecule has 0 fully saturated rings. The molecule has 2 aromatic heterocycles. The van der Waals surface area contributed by atoms with Crippen molar-refractivity contribution in [2.45, 2.75) is 66.2 Å². The lowest BCUT2D eigenvalue weighted by atomic mass is 9.83. The van der Waals surface area contributed by atoms with E-state index in [1.165, 1.54) is 22.2 Å². The zero-order valence-electron chi connectivity index (χ0n) is 30.2. The molecule has 8 nitrogen and oxygen atoms in total. The predicted molar refractivity (Wildman–Crippen MR) is 215 cm³/mol. The van der Waals surface area contributed by atoms with E-state index in [1.54, 1.807) is 22.7 Å². The number of nitrogens with zero attached hydrogens (tertiary/aromatic N) is 2. The molecule has 0 aliphatic carbocycles. The summed E-state index contributed by atoms with van der Waals surface area (Å²) in [6, 6.07) is 11.7. The Hall–Kier alpha value is -5.06. The van der Waals surface area contributed by atoms with Crippen molar-refractivity contribution >= 4 is 56.6 Å². The van der Waals surface area contributed by atoms with Crippen LogP contribution in [0.4, 0.5) is 0 Å². The summed E-state index contributed by atoms with van der Waals surface area (Å²) < 4.78 is 0. The first kappa shape index (κ1) is 36.7. The number of aliphatic imine (C=N–C) groups is 2. The fourth-order valence-corrected chi connectivity index (χ4v) is 8.59. The molecular weight excluding hydrogens is 693 g/mol. The molecule has 6 aromatic rings. The molecular formula is C42H44N2O6S2. The molecule has 0 saturated heterocycles. The number of benzene rings is 4. The number of phenolic OH excluding ortho intramolecular Hbond substituents is 6. The van der Waals surface area contributed by atoms with Crippen LogP contribution in [-0.4, -0.2) is 56.2 Å². The van der Waals surface area contributed by atoms with Crippen molar-refractivity contribution in [3.63, 3.8) is 0 Å². The van der Waals surface area contributed by atoms with Crippen molar-refractivity contribution in [1.82, 2.24) is 0 Å². The molecule has 0 saturated carbocycles. The van der Waals surface area contributed by atoms with Gasteiger partial charge in [0, 0.05) is 92.3 Å². The highest BCUT2D eigenvalue weighted by molar-refractivity contribution is 7.10. The molecule has 270 valence electrons. The van der Waals surface area contributed by atoms with Gasteiger partial charge in [-0.15, -0.1) is 22.7 Å². The number of thiophene rings is 2. The van der Waals surface area contributed by atoms with E-state index >= 15 is 0 Å². The van der Waals surface area contributed by atoms with Crippen LogP contribution in [0.5, 0.6) is 34.5 Å². The van der Waals surface area contributed by atoms with Crippen molar-refractivity contribution in [2.24, 2.45) is 9.98 Å². The first-order chi connectivity index (χ1) is 24.8. The minimum absolute atomic E-state index is 0.169. The lowest BCUT2D eigenvalue weighted by Gasteiger charge is -2.23. The smallest absolute Gasteiger partial charge is 0.167 e. The van der Waals surface area contributed by atoms with E-state index in [4.69, 9.17) is 0 Å². The molecule has 0 aliphatic heterocycles. The third kappa shape index (κ3) is 6.57. The Bertz CT molecular complexity index is 2170. The SMILES string of the molecule is Cc1cc2c(C(C)C)c(O)c(O)c(C=NCCc3cccs3)c2c(O)c1-c1c(C)cc2c(C(C)C)c(O)c(O)c(C=NCCc3cccs3)c2c1O. The number of rotatable bonds is 11. The molecule has 0 atom stereocenters. The summed E-state index contributed by atoms with van der Waals surface area (Å²) in [7, 11) is 0. The second-order valence-corrected chi connectivity index (χ2v) is 15.8. The van der Waals surface area contributed by atoms with Crippen molar-refractivity contribution in [3.05, 3.63) is 90.3 Å². The molecule has 0 bridgehead atoms. The molecule has 10 heteroatoms. The largest absolute Gasteiger partial charge is 0.507 e. The molecule has 4 aromatic carbocycles. The number of hydrogen-bond donors (Lipinski definition) is 6. The zero-order valence-corrected chi connectivity index (χ0v) is 31.8. The Morgan fingerprint density at radius 3 is 1.29 bits per heavy atom. The van der Waals surface area contributed by atoms with E-state index in [-0.39, 0.29) is 57.5 Å². The van der Waals surface area contributed by atoms with Gasteiger partial charge in [0.15, 0.2) is 23.0 Å². The Balaban J connectivity index is 1.61. The number of fused-ring (bicyclic) bond motifs is 2. The van der Waals surface area contributed by atoms with Crippen LogP contribution in [0.1, 0.15) is 82.7 Å². The van der Waals surface area contributed by atoms with Crippen LogP contribution in [-0.2, 0) is 12.8 Å². The van der Waals surface area contributed by atoms with Crippen LogP contribution in [0.25, 0.3) is 32.7 Å². The van der Waals surface area contributed by atoms with Gasteiger partial charge in [-0.25, -0.2) is 0 Å². The second kappa shape index (κ2) is 14.9. The van der Waals surface area contributed by atoms with Gasteiger partial charge in [0.2, 0.25) is 0 Å². The maximum atomic E-state index is 12.3. The van der Waals surface area contributed by atoms with E-state index in [2.05, 4.69) is 9.98 Å². The maximum absolute atomic E-state index is 12.3. The highest BCUT2D eigenvalue weighted by Crippen LogP contribution is 2.54. The van der Waals surface area contributed by atoms with Crippen LogP contribution in [0, 0.1) is 13.8 Å². The van der Waals surface area contributed by atoms with Gasteiger partial charge in [-0.2, -0.15) is 0 Å². The van der Waals surface area contributed by atoms with E-state index in [0.717, 1.165) is 0 Å². The number of aryl methyl sites for hydroxylation is 2. The standard InChI is InChI=1S/C42H44N2O6S2/c1-21(2)31-27-17-23(5)33(39(47)35(27)29(37(45)41(31)49)19-43-13-11-25-9-7-15-51-25)34-24(6)18-28-32(22(3)4)42(50)38(46)30(36(28)40(34)48)20-44-14-12-26-10-8-16-52-26/h7-10,15-22,45-50H,11-14H2,1-6H3. The monoisotopic (exact) mass is 736 g/mol. The second-order valence-electron chi connectivity index (χ2n) is 13.8. The van der Waals surface area contributed by atoms with Gasteiger partial charge in [-0.3, -0.25) is 9.98 Å². The van der Waals surface area contributed by atoms with Crippen LogP contribution >= 0.6 is 22.7 Å². The third-order valence-electron chi connectivity index (χ3n) is 9.56. The van der Waals surface area contributed by atoms with Crippen molar-refractivity contribution in [3.8, 4) is 45.6 Å². The van der Waals surface area contributed by atoms with Crippen molar-refractivity contribution < 1.29 is 30.6 Å². The average Bonchev–Trinajstić information content (AvgIpc) is 3.81. The van der Waals surface area contributed by atoms with Crippen LogP contribution < -0.4 is 0 Å². The summed E-state index contributed by atoms with van der Waals surface area (Å²) in [5.41, 5.74) is 3.20. The molecule has 52 heavy (non-hydrogen) atoms. The fraction of sp³-hybridized carbons (Fsp3) is 0.286. The van der Waals surface area contributed by atoms with Crippen LogP contribution in [0.3, 0.4) is 0 Å². The third-order valence-corrected chi connectivity index (χ3v) is 11.4. The van der Waals surface area contributed by atoms with Gasteiger partial charge >= 0.3 is 0 Å². The summed E-state index contributed by atoms with van der Waals surface area (Å²) >= 11 is 3.27. The summed E-state index contributed by atoms with van der Waals surface area (Å²) in [4.78, 5) is 11.5. The first-order valence-corrected chi connectivity index (χ1v) is 19.1. The maximum Gasteiger partial charge on any atom is 0.167 e. The summed E-state index contributed by atoms with van der Waals surface area (Å²) in [5, 5.41) is 75.6. The fourth-order valence-electron chi connectivity index (χ4n) is 7.19. The molecule has 6 rings (SSSR count). The average molecular weight is 737 g/mol. The molecule has 6 N–H and O–H groups in total. The normalized spacial score (nSPS) is 12.2. The summed E-state index contributed by atoms with van der Waals surface area (Å²) in [6.45, 7) is 12.1. The number of aromatic hydroxyl groups is 6. The minimum atomic E-state index is -0.386. The highest BCUT2D eigenvalue weighted by Gasteiger charge is 2.29. The molecule has 0 spiro atoms. The first-order valence-electron chi connectivity index (χ1n) is 17.4. The van der Waals surface area contributed by atoms with E-state index in [9.17, 15) is 30.6 Å². The molecule has 0 aliphatic rings. The Labute approximate surface area is 311 Å². The Morgan fingerprint density at radius 2 is 0.962 bits per heavy atom. The van der Waals surface area contributed by atoms with Crippen LogP contribution in [0.2, 0.25) is 0 Å². The molecule has 0 unspecified atom stereocenters.